The number of hydrogen-bond acceptors (Lipinski definition) is 6. The fraction of sp³-hybridized carbons (Fsp3) is 0.350. The molecule has 3 heterocycles. The van der Waals surface area contributed by atoms with Gasteiger partial charge in [0.25, 0.3) is 0 Å². The van der Waals surface area contributed by atoms with E-state index < -0.39 is 0 Å². The highest BCUT2D eigenvalue weighted by Crippen LogP contribution is 2.36. The Hall–Kier alpha value is -3.49. The van der Waals surface area contributed by atoms with Gasteiger partial charge in [-0.1, -0.05) is 0 Å². The molecule has 1 saturated carbocycles. The second-order valence-corrected chi connectivity index (χ2v) is 7.37. The van der Waals surface area contributed by atoms with Gasteiger partial charge in [0.05, 0.1) is 6.04 Å². The number of piperazine rings is 1. The SMILES string of the molecule is O=C(Nc1ccc(-c2nnnn2C2CC2)cc1)N1CCN(c2ccncc2)CC1. The summed E-state index contributed by atoms with van der Waals surface area (Å²) in [7, 11) is 0. The van der Waals surface area contributed by atoms with Gasteiger partial charge in [0.15, 0.2) is 5.82 Å². The molecule has 148 valence electrons. The molecular weight excluding hydrogens is 368 g/mol. The number of nitrogens with zero attached hydrogens (tertiary/aromatic N) is 7. The van der Waals surface area contributed by atoms with Crippen molar-refractivity contribution in [2.45, 2.75) is 18.9 Å². The fourth-order valence-electron chi connectivity index (χ4n) is 3.58. The second-order valence-electron chi connectivity index (χ2n) is 7.37. The van der Waals surface area contributed by atoms with Gasteiger partial charge in [-0.2, -0.15) is 0 Å². The summed E-state index contributed by atoms with van der Waals surface area (Å²) in [4.78, 5) is 20.8. The summed E-state index contributed by atoms with van der Waals surface area (Å²) in [6.45, 7) is 2.98. The van der Waals surface area contributed by atoms with E-state index in [4.69, 9.17) is 0 Å². The summed E-state index contributed by atoms with van der Waals surface area (Å²) in [5.74, 6) is 0.776. The predicted molar refractivity (Wildman–Crippen MR) is 109 cm³/mol. The van der Waals surface area contributed by atoms with E-state index in [2.05, 4.69) is 30.7 Å². The maximum absolute atomic E-state index is 12.6. The first-order valence-corrected chi connectivity index (χ1v) is 9.87. The van der Waals surface area contributed by atoms with Crippen LogP contribution in [-0.4, -0.2) is 62.3 Å². The molecule has 1 aliphatic heterocycles. The first kappa shape index (κ1) is 17.6. The fourth-order valence-corrected chi connectivity index (χ4v) is 3.58. The van der Waals surface area contributed by atoms with Crippen molar-refractivity contribution in [1.29, 1.82) is 0 Å². The number of aromatic nitrogens is 5. The van der Waals surface area contributed by atoms with Crippen molar-refractivity contribution in [3.8, 4) is 11.4 Å². The number of pyridine rings is 1. The molecule has 9 nitrogen and oxygen atoms in total. The largest absolute Gasteiger partial charge is 0.368 e. The van der Waals surface area contributed by atoms with Crippen molar-refractivity contribution < 1.29 is 4.79 Å². The number of nitrogens with one attached hydrogen (secondary N) is 1. The highest BCUT2D eigenvalue weighted by Gasteiger charge is 2.28. The number of benzene rings is 1. The lowest BCUT2D eigenvalue weighted by atomic mass is 10.2. The maximum atomic E-state index is 12.6. The first-order chi connectivity index (χ1) is 14.3. The molecule has 1 aromatic carbocycles. The van der Waals surface area contributed by atoms with E-state index in [-0.39, 0.29) is 6.03 Å². The summed E-state index contributed by atoms with van der Waals surface area (Å²) < 4.78 is 1.88. The number of amides is 2. The Morgan fingerprint density at radius 2 is 1.69 bits per heavy atom. The van der Waals surface area contributed by atoms with Crippen LogP contribution in [0, 0.1) is 0 Å². The van der Waals surface area contributed by atoms with Crippen LogP contribution in [0.3, 0.4) is 0 Å². The number of anilines is 2. The zero-order chi connectivity index (χ0) is 19.6. The van der Waals surface area contributed by atoms with Gasteiger partial charge in [0.1, 0.15) is 0 Å². The van der Waals surface area contributed by atoms with Crippen LogP contribution >= 0.6 is 0 Å². The standard InChI is InChI=1S/C20H22N8O/c29-20(27-13-11-26(12-14-27)17-7-9-21-10-8-17)22-16-3-1-15(2-4-16)19-23-24-25-28(19)18-5-6-18/h1-4,7-10,18H,5-6,11-14H2,(H,22,29). The molecule has 29 heavy (non-hydrogen) atoms. The highest BCUT2D eigenvalue weighted by atomic mass is 16.2. The molecule has 2 fully saturated rings. The maximum Gasteiger partial charge on any atom is 0.321 e. The average Bonchev–Trinajstić information content (AvgIpc) is 3.51. The molecule has 0 spiro atoms. The lowest BCUT2D eigenvalue weighted by Gasteiger charge is -2.36. The zero-order valence-corrected chi connectivity index (χ0v) is 16.0. The number of carbonyl (C=O) groups is 1. The quantitative estimate of drug-likeness (QED) is 0.736. The third kappa shape index (κ3) is 3.75. The average molecular weight is 390 g/mol. The molecule has 3 aromatic rings. The van der Waals surface area contributed by atoms with E-state index in [9.17, 15) is 4.79 Å². The number of tetrazole rings is 1. The van der Waals surface area contributed by atoms with Crippen molar-refractivity contribution in [3.05, 3.63) is 48.8 Å². The van der Waals surface area contributed by atoms with Crippen LogP contribution < -0.4 is 10.2 Å². The third-order valence-corrected chi connectivity index (χ3v) is 5.37. The van der Waals surface area contributed by atoms with Gasteiger partial charge < -0.3 is 15.1 Å². The smallest absolute Gasteiger partial charge is 0.321 e. The molecule has 0 radical (unpaired) electrons. The van der Waals surface area contributed by atoms with Gasteiger partial charge >= 0.3 is 6.03 Å². The monoisotopic (exact) mass is 390 g/mol. The Labute approximate surface area is 168 Å². The van der Waals surface area contributed by atoms with Crippen LogP contribution in [0.1, 0.15) is 18.9 Å². The molecule has 5 rings (SSSR count). The number of rotatable bonds is 4. The Morgan fingerprint density at radius 1 is 0.966 bits per heavy atom. The molecule has 2 aromatic heterocycles. The minimum Gasteiger partial charge on any atom is -0.368 e. The van der Waals surface area contributed by atoms with E-state index in [1.54, 1.807) is 12.4 Å². The van der Waals surface area contributed by atoms with Crippen molar-refractivity contribution in [2.24, 2.45) is 0 Å². The summed E-state index contributed by atoms with van der Waals surface area (Å²) in [5.41, 5.74) is 2.86. The molecule has 1 aliphatic carbocycles. The molecule has 0 atom stereocenters. The van der Waals surface area contributed by atoms with E-state index in [1.165, 1.54) is 0 Å². The molecular formula is C20H22N8O. The zero-order valence-electron chi connectivity index (χ0n) is 16.0. The molecule has 0 unspecified atom stereocenters. The Morgan fingerprint density at radius 3 is 2.38 bits per heavy atom. The summed E-state index contributed by atoms with van der Waals surface area (Å²) in [6, 6.07) is 12.0. The van der Waals surface area contributed by atoms with Gasteiger partial charge in [-0.05, 0) is 59.7 Å². The summed E-state index contributed by atoms with van der Waals surface area (Å²) in [5, 5.41) is 15.0. The van der Waals surface area contributed by atoms with Crippen molar-refractivity contribution >= 4 is 17.4 Å². The summed E-state index contributed by atoms with van der Waals surface area (Å²) >= 11 is 0. The van der Waals surface area contributed by atoms with Gasteiger partial charge in [-0.15, -0.1) is 5.10 Å². The van der Waals surface area contributed by atoms with Gasteiger partial charge in [-0.25, -0.2) is 9.48 Å². The van der Waals surface area contributed by atoms with Crippen LogP contribution in [0.2, 0.25) is 0 Å². The summed E-state index contributed by atoms with van der Waals surface area (Å²) in [6.07, 6.45) is 5.84. The van der Waals surface area contributed by atoms with Gasteiger partial charge in [-0.3, -0.25) is 4.98 Å². The molecule has 1 N–H and O–H groups in total. The van der Waals surface area contributed by atoms with E-state index in [0.29, 0.717) is 19.1 Å². The van der Waals surface area contributed by atoms with E-state index >= 15 is 0 Å². The second kappa shape index (κ2) is 7.50. The molecule has 2 aliphatic rings. The predicted octanol–water partition coefficient (Wildman–Crippen LogP) is 2.42. The van der Waals surface area contributed by atoms with Gasteiger partial charge in [0.2, 0.25) is 0 Å². The number of urea groups is 1. The molecule has 1 saturated heterocycles. The molecule has 9 heteroatoms. The molecule has 0 bridgehead atoms. The number of hydrogen-bond donors (Lipinski definition) is 1. The van der Waals surface area contributed by atoms with Crippen molar-refractivity contribution in [1.82, 2.24) is 30.1 Å². The van der Waals surface area contributed by atoms with Crippen molar-refractivity contribution in [2.75, 3.05) is 36.4 Å². The first-order valence-electron chi connectivity index (χ1n) is 9.87. The van der Waals surface area contributed by atoms with E-state index in [0.717, 1.165) is 48.7 Å². The third-order valence-electron chi connectivity index (χ3n) is 5.37. The normalized spacial score (nSPS) is 16.7. The Bertz CT molecular complexity index is 975. The Balaban J connectivity index is 1.19. The lowest BCUT2D eigenvalue weighted by Crippen LogP contribution is -2.50. The minimum atomic E-state index is -0.0741. The topological polar surface area (TPSA) is 92.1 Å². The Kier molecular flexibility index (Phi) is 4.55. The van der Waals surface area contributed by atoms with E-state index in [1.807, 2.05) is 46.0 Å². The van der Waals surface area contributed by atoms with Gasteiger partial charge in [0, 0.05) is 55.5 Å². The number of carbonyl (C=O) groups excluding carboxylic acids is 1. The van der Waals surface area contributed by atoms with Crippen LogP contribution in [-0.2, 0) is 0 Å². The van der Waals surface area contributed by atoms with Crippen LogP contribution in [0.5, 0.6) is 0 Å². The van der Waals surface area contributed by atoms with Crippen LogP contribution in [0.15, 0.2) is 48.8 Å². The minimum absolute atomic E-state index is 0.0741. The lowest BCUT2D eigenvalue weighted by molar-refractivity contribution is 0.208. The van der Waals surface area contributed by atoms with Crippen LogP contribution in [0.4, 0.5) is 16.2 Å². The van der Waals surface area contributed by atoms with Crippen LogP contribution in [0.25, 0.3) is 11.4 Å². The molecule has 2 amide bonds. The van der Waals surface area contributed by atoms with Crippen molar-refractivity contribution in [3.63, 3.8) is 0 Å². The highest BCUT2D eigenvalue weighted by molar-refractivity contribution is 5.89.